The molecule has 0 saturated carbocycles. The summed E-state index contributed by atoms with van der Waals surface area (Å²) in [6.07, 6.45) is 3.05. The summed E-state index contributed by atoms with van der Waals surface area (Å²) in [5, 5.41) is 2.92. The SMILES string of the molecule is COc1cc(C(=O)N(C)c2ccc(C)cc2OCCCCCC(=O)N2CCN(C)CC2)ccc1NC(=O)c1cccc2[nH]c(N(C)CCN)nc12. The number of anilines is 3. The number of H-pyrrole nitrogens is 1. The third-order valence-electron chi connectivity index (χ3n) is 9.20. The lowest BCUT2D eigenvalue weighted by atomic mass is 10.1. The number of unbranched alkanes of at least 4 members (excludes halogenated alkanes) is 2. The maximum atomic E-state index is 13.7. The third kappa shape index (κ3) is 9.16. The van der Waals surface area contributed by atoms with Crippen LogP contribution in [0.15, 0.2) is 54.6 Å². The van der Waals surface area contributed by atoms with Crippen LogP contribution in [0.5, 0.6) is 11.5 Å². The average Bonchev–Trinajstić information content (AvgIpc) is 3.58. The molecule has 0 unspecified atom stereocenters. The first-order chi connectivity index (χ1) is 24.6. The molecule has 4 N–H and O–H groups in total. The molecular weight excluding hydrogens is 648 g/mol. The van der Waals surface area contributed by atoms with Crippen LogP contribution in [0.1, 0.15) is 52.0 Å². The topological polar surface area (TPSA) is 149 Å². The van der Waals surface area contributed by atoms with Crippen molar-refractivity contribution in [3.63, 3.8) is 0 Å². The van der Waals surface area contributed by atoms with Crippen molar-refractivity contribution in [1.29, 1.82) is 0 Å². The average molecular weight is 699 g/mol. The Morgan fingerprint density at radius 3 is 2.51 bits per heavy atom. The number of aromatic amines is 1. The molecule has 51 heavy (non-hydrogen) atoms. The summed E-state index contributed by atoms with van der Waals surface area (Å²) >= 11 is 0. The van der Waals surface area contributed by atoms with Crippen molar-refractivity contribution in [3.8, 4) is 11.5 Å². The summed E-state index contributed by atoms with van der Waals surface area (Å²) in [6.45, 7) is 6.98. The third-order valence-corrected chi connectivity index (χ3v) is 9.20. The predicted octanol–water partition coefficient (Wildman–Crippen LogP) is 4.52. The molecule has 1 fully saturated rings. The van der Waals surface area contributed by atoms with Crippen molar-refractivity contribution in [1.82, 2.24) is 19.8 Å². The Balaban J connectivity index is 1.20. The summed E-state index contributed by atoms with van der Waals surface area (Å²) in [7, 11) is 7.16. The highest BCUT2D eigenvalue weighted by Crippen LogP contribution is 2.32. The van der Waals surface area contributed by atoms with E-state index in [0.717, 1.165) is 56.5 Å². The summed E-state index contributed by atoms with van der Waals surface area (Å²) < 4.78 is 11.8. The number of nitrogens with zero attached hydrogens (tertiary/aromatic N) is 5. The molecule has 272 valence electrons. The number of amides is 3. The smallest absolute Gasteiger partial charge is 0.258 e. The van der Waals surface area contributed by atoms with Gasteiger partial charge in [0.1, 0.15) is 17.0 Å². The molecule has 0 aliphatic carbocycles. The van der Waals surface area contributed by atoms with Crippen molar-refractivity contribution in [3.05, 3.63) is 71.3 Å². The van der Waals surface area contributed by atoms with Gasteiger partial charge in [-0.3, -0.25) is 14.4 Å². The van der Waals surface area contributed by atoms with Crippen molar-refractivity contribution < 1.29 is 23.9 Å². The highest BCUT2D eigenvalue weighted by atomic mass is 16.5. The van der Waals surface area contributed by atoms with Gasteiger partial charge < -0.3 is 45.1 Å². The Morgan fingerprint density at radius 2 is 1.76 bits per heavy atom. The quantitative estimate of drug-likeness (QED) is 0.153. The molecule has 1 aliphatic rings. The number of fused-ring (bicyclic) bond motifs is 1. The van der Waals surface area contributed by atoms with Gasteiger partial charge in [-0.15, -0.1) is 0 Å². The van der Waals surface area contributed by atoms with Gasteiger partial charge in [-0.2, -0.15) is 0 Å². The second-order valence-corrected chi connectivity index (χ2v) is 13.0. The fourth-order valence-corrected chi connectivity index (χ4v) is 6.07. The molecular formula is C38H50N8O5. The van der Waals surface area contributed by atoms with Gasteiger partial charge in [0.25, 0.3) is 11.8 Å². The highest BCUT2D eigenvalue weighted by Gasteiger charge is 2.22. The molecule has 0 bridgehead atoms. The van der Waals surface area contributed by atoms with Crippen LogP contribution in [0.3, 0.4) is 0 Å². The molecule has 0 spiro atoms. The van der Waals surface area contributed by atoms with E-state index in [0.29, 0.717) is 71.6 Å². The number of aromatic nitrogens is 2. The Bertz CT molecular complexity index is 1830. The van der Waals surface area contributed by atoms with Gasteiger partial charge in [0.15, 0.2) is 0 Å². The monoisotopic (exact) mass is 698 g/mol. The maximum Gasteiger partial charge on any atom is 0.258 e. The Hall–Kier alpha value is -5.14. The minimum absolute atomic E-state index is 0.227. The fourth-order valence-electron chi connectivity index (χ4n) is 6.07. The number of aryl methyl sites for hydroxylation is 1. The minimum Gasteiger partial charge on any atom is -0.495 e. The summed E-state index contributed by atoms with van der Waals surface area (Å²) in [6, 6.07) is 16.0. The molecule has 13 nitrogen and oxygen atoms in total. The van der Waals surface area contributed by atoms with E-state index in [1.54, 1.807) is 42.3 Å². The number of piperazine rings is 1. The zero-order valence-electron chi connectivity index (χ0n) is 30.3. The number of ether oxygens (including phenoxy) is 2. The number of carbonyl (C=O) groups is 3. The lowest BCUT2D eigenvalue weighted by molar-refractivity contribution is -0.132. The summed E-state index contributed by atoms with van der Waals surface area (Å²) in [5.74, 6) is 1.17. The number of hydrogen-bond donors (Lipinski definition) is 3. The van der Waals surface area contributed by atoms with Crippen LogP contribution >= 0.6 is 0 Å². The number of benzene rings is 3. The van der Waals surface area contributed by atoms with Crippen LogP contribution in [-0.4, -0.2) is 112 Å². The van der Waals surface area contributed by atoms with Crippen molar-refractivity contribution in [2.24, 2.45) is 5.73 Å². The summed E-state index contributed by atoms with van der Waals surface area (Å²) in [5.41, 5.74) is 9.80. The Labute approximate surface area is 299 Å². The standard InChI is InChI=1S/C38H50N8O5/c1-26-13-16-31(33(24-26)51-23-8-6-7-12-34(47)46-21-19-43(2)20-22-46)45(4)37(49)27-14-15-29(32(25-27)50-5)40-36(48)28-10-9-11-30-35(28)42-38(41-30)44(3)18-17-39/h9-11,13-16,24-25H,6-8,12,17-23,39H2,1-5H3,(H,40,48)(H,41,42). The van der Waals surface area contributed by atoms with E-state index < -0.39 is 0 Å². The van der Waals surface area contributed by atoms with Crippen LogP contribution in [0.25, 0.3) is 11.0 Å². The molecule has 3 amide bonds. The second kappa shape index (κ2) is 17.2. The predicted molar refractivity (Wildman–Crippen MR) is 201 cm³/mol. The highest BCUT2D eigenvalue weighted by molar-refractivity contribution is 6.13. The van der Waals surface area contributed by atoms with Crippen LogP contribution in [0.2, 0.25) is 0 Å². The van der Waals surface area contributed by atoms with Crippen LogP contribution < -0.4 is 30.3 Å². The van der Waals surface area contributed by atoms with E-state index in [1.165, 1.54) is 7.11 Å². The maximum absolute atomic E-state index is 13.7. The number of methoxy groups -OCH3 is 1. The van der Waals surface area contributed by atoms with Crippen molar-refractivity contribution in [2.45, 2.75) is 32.6 Å². The molecule has 4 aromatic rings. The first kappa shape index (κ1) is 37.1. The Kier molecular flexibility index (Phi) is 12.5. The number of carbonyl (C=O) groups excluding carboxylic acids is 3. The molecule has 2 heterocycles. The zero-order chi connectivity index (χ0) is 36.5. The first-order valence-electron chi connectivity index (χ1n) is 17.5. The second-order valence-electron chi connectivity index (χ2n) is 13.0. The fraction of sp³-hybridized carbons (Fsp3) is 0.421. The number of nitrogens with two attached hydrogens (primary N) is 1. The van der Waals surface area contributed by atoms with Gasteiger partial charge >= 0.3 is 0 Å². The molecule has 5 rings (SSSR count). The van der Waals surface area contributed by atoms with E-state index >= 15 is 0 Å². The molecule has 1 aromatic heterocycles. The van der Waals surface area contributed by atoms with E-state index in [4.69, 9.17) is 15.2 Å². The minimum atomic E-state index is -0.363. The number of imidazole rings is 1. The van der Waals surface area contributed by atoms with Gasteiger partial charge in [-0.05, 0) is 81.3 Å². The molecule has 13 heteroatoms. The van der Waals surface area contributed by atoms with E-state index in [-0.39, 0.29) is 17.7 Å². The lowest BCUT2D eigenvalue weighted by Crippen LogP contribution is -2.47. The number of likely N-dealkylation sites (N-methyl/N-ethyl adjacent to an activating group) is 2. The summed E-state index contributed by atoms with van der Waals surface area (Å²) in [4.78, 5) is 55.3. The van der Waals surface area contributed by atoms with Crippen LogP contribution in [0.4, 0.5) is 17.3 Å². The van der Waals surface area contributed by atoms with Gasteiger partial charge in [-0.25, -0.2) is 4.98 Å². The Morgan fingerprint density at radius 1 is 0.980 bits per heavy atom. The number of para-hydroxylation sites is 1. The van der Waals surface area contributed by atoms with E-state index in [1.807, 2.05) is 48.0 Å². The largest absolute Gasteiger partial charge is 0.495 e. The van der Waals surface area contributed by atoms with Crippen LogP contribution in [-0.2, 0) is 4.79 Å². The van der Waals surface area contributed by atoms with Crippen molar-refractivity contribution in [2.75, 3.05) is 89.2 Å². The van der Waals surface area contributed by atoms with E-state index in [9.17, 15) is 14.4 Å². The molecule has 1 saturated heterocycles. The van der Waals surface area contributed by atoms with Gasteiger partial charge in [0.2, 0.25) is 11.9 Å². The number of hydrogen-bond acceptors (Lipinski definition) is 9. The molecule has 3 aromatic carbocycles. The van der Waals surface area contributed by atoms with Gasteiger partial charge in [-0.1, -0.05) is 12.1 Å². The molecule has 0 atom stereocenters. The van der Waals surface area contributed by atoms with Gasteiger partial charge in [0, 0.05) is 65.3 Å². The first-order valence-corrected chi connectivity index (χ1v) is 17.5. The lowest BCUT2D eigenvalue weighted by Gasteiger charge is -2.32. The number of nitrogens with one attached hydrogen (secondary N) is 2. The molecule has 1 aliphatic heterocycles. The molecule has 0 radical (unpaired) electrons. The van der Waals surface area contributed by atoms with Crippen molar-refractivity contribution >= 4 is 46.1 Å². The normalized spacial score (nSPS) is 13.3. The van der Waals surface area contributed by atoms with Crippen LogP contribution in [0, 0.1) is 6.92 Å². The number of rotatable bonds is 15. The van der Waals surface area contributed by atoms with E-state index in [2.05, 4.69) is 27.2 Å². The van der Waals surface area contributed by atoms with Gasteiger partial charge in [0.05, 0.1) is 36.2 Å². The zero-order valence-corrected chi connectivity index (χ0v) is 30.3.